The molecule has 2 aromatic rings. The zero-order valence-corrected chi connectivity index (χ0v) is 16.6. The molecule has 1 aliphatic heterocycles. The quantitative estimate of drug-likeness (QED) is 0.697. The van der Waals surface area contributed by atoms with E-state index in [0.717, 1.165) is 0 Å². The molecular formula is C18H20FN7O2S. The van der Waals surface area contributed by atoms with E-state index in [1.807, 2.05) is 11.0 Å². The lowest BCUT2D eigenvalue weighted by Gasteiger charge is -2.36. The number of piperazine rings is 1. The summed E-state index contributed by atoms with van der Waals surface area (Å²) in [6, 6.07) is 6.25. The van der Waals surface area contributed by atoms with Crippen LogP contribution in [0.15, 0.2) is 24.4 Å². The minimum absolute atomic E-state index is 0.136. The van der Waals surface area contributed by atoms with Gasteiger partial charge in [-0.1, -0.05) is 6.07 Å². The summed E-state index contributed by atoms with van der Waals surface area (Å²) >= 11 is 5.07. The van der Waals surface area contributed by atoms with Gasteiger partial charge in [0.15, 0.2) is 0 Å². The molecule has 2 heterocycles. The average Bonchev–Trinajstić information content (AvgIpc) is 3.26. The van der Waals surface area contributed by atoms with Gasteiger partial charge in [0.25, 0.3) is 5.17 Å². The number of carbonyl (C=O) groups excluding carboxylic acids is 1. The second-order valence-electron chi connectivity index (χ2n) is 6.38. The maximum absolute atomic E-state index is 14.9. The Morgan fingerprint density at radius 2 is 2.21 bits per heavy atom. The van der Waals surface area contributed by atoms with E-state index >= 15 is 0 Å². The summed E-state index contributed by atoms with van der Waals surface area (Å²) in [5, 5.41) is 22.2. The van der Waals surface area contributed by atoms with Crippen molar-refractivity contribution < 1.29 is 13.9 Å². The van der Waals surface area contributed by atoms with Gasteiger partial charge in [-0.05, 0) is 29.9 Å². The molecule has 1 aliphatic rings. The Morgan fingerprint density at radius 1 is 1.45 bits per heavy atom. The normalized spacial score (nSPS) is 14.8. The number of methoxy groups -OCH3 is 1. The molecule has 1 saturated heterocycles. The molecule has 1 fully saturated rings. The number of thiocarbonyl (C=S) groups is 1. The van der Waals surface area contributed by atoms with Gasteiger partial charge in [-0.15, -0.1) is 0 Å². The third-order valence-electron chi connectivity index (χ3n) is 4.69. The number of nitrogens with one attached hydrogen (secondary N) is 2. The van der Waals surface area contributed by atoms with Gasteiger partial charge in [-0.3, -0.25) is 4.79 Å². The van der Waals surface area contributed by atoms with E-state index in [0.29, 0.717) is 43.1 Å². The van der Waals surface area contributed by atoms with E-state index in [4.69, 9.17) is 22.2 Å². The number of nitriles is 1. The zero-order valence-electron chi connectivity index (χ0n) is 15.8. The SMILES string of the molecule is COC(=S)NC(c1ccc(N2CCN(C(=O)CC#N)CC2)c(F)c1)c1cn[nH]n1. The summed E-state index contributed by atoms with van der Waals surface area (Å²) in [7, 11) is 1.44. The highest BCUT2D eigenvalue weighted by atomic mass is 32.1. The number of hydrogen-bond donors (Lipinski definition) is 2. The third-order valence-corrected chi connectivity index (χ3v) is 4.97. The van der Waals surface area contributed by atoms with Crippen LogP contribution in [0.4, 0.5) is 10.1 Å². The molecule has 1 amide bonds. The van der Waals surface area contributed by atoms with Crippen molar-refractivity contribution in [2.24, 2.45) is 0 Å². The summed E-state index contributed by atoms with van der Waals surface area (Å²) in [6.45, 7) is 1.89. The van der Waals surface area contributed by atoms with E-state index in [9.17, 15) is 9.18 Å². The first-order valence-electron chi connectivity index (χ1n) is 8.92. The number of hydrogen-bond acceptors (Lipinski definition) is 7. The summed E-state index contributed by atoms with van der Waals surface area (Å²) in [6.07, 6.45) is 1.39. The first kappa shape index (κ1) is 20.5. The molecule has 1 atom stereocenters. The molecule has 1 aromatic heterocycles. The number of amides is 1. The Labute approximate surface area is 172 Å². The number of benzene rings is 1. The van der Waals surface area contributed by atoms with Crippen LogP contribution in [-0.2, 0) is 9.53 Å². The number of H-pyrrole nitrogens is 1. The molecule has 0 radical (unpaired) electrons. The maximum atomic E-state index is 14.9. The summed E-state index contributed by atoms with van der Waals surface area (Å²) in [5.74, 6) is -0.587. The van der Waals surface area contributed by atoms with E-state index in [-0.39, 0.29) is 17.5 Å². The number of rotatable bonds is 5. The molecule has 29 heavy (non-hydrogen) atoms. The predicted octanol–water partition coefficient (Wildman–Crippen LogP) is 1.12. The molecule has 3 rings (SSSR count). The first-order chi connectivity index (χ1) is 14.0. The molecule has 0 saturated carbocycles. The Balaban J connectivity index is 1.75. The van der Waals surface area contributed by atoms with Crippen molar-refractivity contribution in [3.8, 4) is 6.07 Å². The predicted molar refractivity (Wildman–Crippen MR) is 106 cm³/mol. The fraction of sp³-hybridized carbons (Fsp3) is 0.389. The van der Waals surface area contributed by atoms with Gasteiger partial charge in [0, 0.05) is 26.2 Å². The van der Waals surface area contributed by atoms with Crippen molar-refractivity contribution in [3.63, 3.8) is 0 Å². The number of carbonyl (C=O) groups is 1. The smallest absolute Gasteiger partial charge is 0.257 e. The van der Waals surface area contributed by atoms with Crippen molar-refractivity contribution in [2.45, 2.75) is 12.5 Å². The lowest BCUT2D eigenvalue weighted by atomic mass is 10.0. The number of nitrogens with zero attached hydrogens (tertiary/aromatic N) is 5. The lowest BCUT2D eigenvalue weighted by molar-refractivity contribution is -0.130. The summed E-state index contributed by atoms with van der Waals surface area (Å²) < 4.78 is 19.9. The lowest BCUT2D eigenvalue weighted by Crippen LogP contribution is -2.49. The first-order valence-corrected chi connectivity index (χ1v) is 9.33. The molecule has 0 bridgehead atoms. The number of ether oxygens (including phenoxy) is 1. The highest BCUT2D eigenvalue weighted by Crippen LogP contribution is 2.27. The van der Waals surface area contributed by atoms with Gasteiger partial charge in [0.2, 0.25) is 5.91 Å². The highest BCUT2D eigenvalue weighted by molar-refractivity contribution is 7.80. The van der Waals surface area contributed by atoms with Crippen LogP contribution in [0.1, 0.15) is 23.7 Å². The molecule has 11 heteroatoms. The molecule has 2 N–H and O–H groups in total. The van der Waals surface area contributed by atoms with Gasteiger partial charge in [-0.2, -0.15) is 20.7 Å². The Kier molecular flexibility index (Phi) is 6.56. The average molecular weight is 417 g/mol. The number of anilines is 1. The Hall–Kier alpha value is -3.26. The third kappa shape index (κ3) is 4.78. The highest BCUT2D eigenvalue weighted by Gasteiger charge is 2.24. The van der Waals surface area contributed by atoms with Crippen LogP contribution in [0.5, 0.6) is 0 Å². The Morgan fingerprint density at radius 3 is 2.79 bits per heavy atom. The van der Waals surface area contributed by atoms with E-state index in [2.05, 4.69) is 20.7 Å². The Bertz CT molecular complexity index is 907. The van der Waals surface area contributed by atoms with Crippen LogP contribution in [0.25, 0.3) is 0 Å². The standard InChI is InChI=1S/C18H20FN7O2S/c1-28-18(29)22-17(14-11-21-24-23-14)12-2-3-15(13(19)10-12)25-6-8-26(9-7-25)16(27)4-5-20/h2-3,10-11,17H,4,6-9H2,1H3,(H,22,29)(H,21,23,24). The topological polar surface area (TPSA) is 110 Å². The molecule has 1 aromatic carbocycles. The van der Waals surface area contributed by atoms with Crippen LogP contribution >= 0.6 is 12.2 Å². The summed E-state index contributed by atoms with van der Waals surface area (Å²) in [4.78, 5) is 15.3. The van der Waals surface area contributed by atoms with Crippen molar-refractivity contribution >= 4 is 29.0 Å². The van der Waals surface area contributed by atoms with E-state index in [1.165, 1.54) is 19.4 Å². The molecule has 9 nitrogen and oxygen atoms in total. The van der Waals surface area contributed by atoms with Crippen molar-refractivity contribution in [1.82, 2.24) is 25.6 Å². The van der Waals surface area contributed by atoms with Crippen LogP contribution in [-0.4, -0.2) is 64.7 Å². The molecule has 1 unspecified atom stereocenters. The fourth-order valence-electron chi connectivity index (χ4n) is 3.19. The largest absolute Gasteiger partial charge is 0.474 e. The summed E-state index contributed by atoms with van der Waals surface area (Å²) in [5.41, 5.74) is 1.61. The number of aromatic amines is 1. The van der Waals surface area contributed by atoms with Gasteiger partial charge < -0.3 is 19.9 Å². The number of halogens is 1. The van der Waals surface area contributed by atoms with Crippen LogP contribution in [0.2, 0.25) is 0 Å². The second kappa shape index (κ2) is 9.29. The second-order valence-corrected chi connectivity index (χ2v) is 6.75. The van der Waals surface area contributed by atoms with Crippen LogP contribution in [0.3, 0.4) is 0 Å². The minimum Gasteiger partial charge on any atom is -0.474 e. The van der Waals surface area contributed by atoms with E-state index < -0.39 is 11.9 Å². The molecular weight excluding hydrogens is 397 g/mol. The van der Waals surface area contributed by atoms with Gasteiger partial charge in [-0.25, -0.2) is 4.39 Å². The zero-order chi connectivity index (χ0) is 20.8. The maximum Gasteiger partial charge on any atom is 0.257 e. The van der Waals surface area contributed by atoms with E-state index in [1.54, 1.807) is 17.0 Å². The minimum atomic E-state index is -0.523. The molecule has 152 valence electrons. The fourth-order valence-corrected chi connectivity index (χ4v) is 3.31. The van der Waals surface area contributed by atoms with Crippen molar-refractivity contribution in [1.29, 1.82) is 5.26 Å². The van der Waals surface area contributed by atoms with Gasteiger partial charge in [0.05, 0.1) is 25.1 Å². The van der Waals surface area contributed by atoms with Gasteiger partial charge >= 0.3 is 0 Å². The van der Waals surface area contributed by atoms with Crippen molar-refractivity contribution in [3.05, 3.63) is 41.5 Å². The van der Waals surface area contributed by atoms with Crippen molar-refractivity contribution in [2.75, 3.05) is 38.2 Å². The monoisotopic (exact) mass is 417 g/mol. The van der Waals surface area contributed by atoms with Crippen LogP contribution < -0.4 is 10.2 Å². The molecule has 0 spiro atoms. The van der Waals surface area contributed by atoms with Crippen LogP contribution in [0, 0.1) is 17.1 Å². The van der Waals surface area contributed by atoms with Gasteiger partial charge in [0.1, 0.15) is 24.0 Å². The number of aromatic nitrogens is 3. The molecule has 0 aliphatic carbocycles.